The minimum atomic E-state index is -0.278. The first-order chi connectivity index (χ1) is 17.1. The van der Waals surface area contributed by atoms with E-state index in [1.54, 1.807) is 0 Å². The number of rotatable bonds is 9. The minimum absolute atomic E-state index is 0.136. The number of aryl methyl sites for hydroxylation is 1. The molecule has 2 aliphatic rings. The first-order valence-electron chi connectivity index (χ1n) is 12.7. The topological polar surface area (TPSA) is 34.1 Å². The van der Waals surface area contributed by atoms with Crippen molar-refractivity contribution in [2.24, 2.45) is 5.10 Å². The molecule has 0 aromatic heterocycles. The Hall–Kier alpha value is -2.79. The Morgan fingerprint density at radius 1 is 0.971 bits per heavy atom. The standard InChI is InChI=1S/C30H33BrN2O2/c1-3-4-5-6-7-18-34-25-15-12-23(13-16-25)30-33-28(26-19-24(31)14-17-29(26)35-30)20-27(32-33)22-10-8-21(2)9-11-22/h8-17,19,28,30H,3-7,18,20H2,1-2H3/t28-,30-/m0/s1. The summed E-state index contributed by atoms with van der Waals surface area (Å²) in [5.74, 6) is 1.83. The number of ether oxygens (including phenoxy) is 2. The molecule has 0 N–H and O–H groups in total. The van der Waals surface area contributed by atoms with Gasteiger partial charge < -0.3 is 9.47 Å². The summed E-state index contributed by atoms with van der Waals surface area (Å²) < 4.78 is 13.6. The van der Waals surface area contributed by atoms with Gasteiger partial charge in [-0.25, -0.2) is 5.01 Å². The molecule has 5 heteroatoms. The van der Waals surface area contributed by atoms with Crippen molar-refractivity contribution < 1.29 is 9.47 Å². The molecule has 2 aliphatic heterocycles. The van der Waals surface area contributed by atoms with Gasteiger partial charge in [-0.05, 0) is 61.4 Å². The summed E-state index contributed by atoms with van der Waals surface area (Å²) in [5, 5.41) is 7.21. The lowest BCUT2D eigenvalue weighted by Gasteiger charge is -2.38. The molecule has 2 atom stereocenters. The lowest BCUT2D eigenvalue weighted by Crippen LogP contribution is -2.33. The SMILES string of the molecule is CCCCCCCOc1ccc([C@@H]2Oc3ccc(Br)cc3[C@@H]3CC(c4ccc(C)cc4)=NN32)cc1. The van der Waals surface area contributed by atoms with Gasteiger partial charge in [-0.15, -0.1) is 0 Å². The molecular weight excluding hydrogens is 500 g/mol. The molecule has 0 saturated carbocycles. The summed E-state index contributed by atoms with van der Waals surface area (Å²) in [5.41, 5.74) is 5.77. The van der Waals surface area contributed by atoms with Crippen LogP contribution in [0.3, 0.4) is 0 Å². The molecule has 182 valence electrons. The first-order valence-corrected chi connectivity index (χ1v) is 13.5. The van der Waals surface area contributed by atoms with Crippen LogP contribution in [0.2, 0.25) is 0 Å². The number of halogens is 1. The summed E-state index contributed by atoms with van der Waals surface area (Å²) in [4.78, 5) is 0. The Morgan fingerprint density at radius 2 is 1.74 bits per heavy atom. The highest BCUT2D eigenvalue weighted by Crippen LogP contribution is 2.48. The first kappa shape index (κ1) is 23.9. The number of hydrogen-bond donors (Lipinski definition) is 0. The highest BCUT2D eigenvalue weighted by Gasteiger charge is 2.41. The van der Waals surface area contributed by atoms with E-state index in [4.69, 9.17) is 14.6 Å². The fraction of sp³-hybridized carbons (Fsp3) is 0.367. The highest BCUT2D eigenvalue weighted by atomic mass is 79.9. The summed E-state index contributed by atoms with van der Waals surface area (Å²) in [6, 6.07) is 23.3. The van der Waals surface area contributed by atoms with Crippen molar-refractivity contribution in [1.29, 1.82) is 0 Å². The average molecular weight is 534 g/mol. The second-order valence-electron chi connectivity index (χ2n) is 9.50. The molecular formula is C30H33BrN2O2. The fourth-order valence-electron chi connectivity index (χ4n) is 4.82. The lowest BCUT2D eigenvalue weighted by molar-refractivity contribution is -0.0191. The largest absolute Gasteiger partial charge is 0.494 e. The van der Waals surface area contributed by atoms with Gasteiger partial charge in [-0.3, -0.25) is 0 Å². The molecule has 0 saturated heterocycles. The minimum Gasteiger partial charge on any atom is -0.494 e. The van der Waals surface area contributed by atoms with Crippen LogP contribution in [0, 0.1) is 6.92 Å². The van der Waals surface area contributed by atoms with Gasteiger partial charge in [0.05, 0.1) is 18.4 Å². The van der Waals surface area contributed by atoms with Crippen LogP contribution in [0.25, 0.3) is 0 Å². The van der Waals surface area contributed by atoms with Crippen molar-refractivity contribution in [3.05, 3.63) is 93.5 Å². The molecule has 0 aliphatic carbocycles. The summed E-state index contributed by atoms with van der Waals surface area (Å²) >= 11 is 3.64. The lowest BCUT2D eigenvalue weighted by atomic mass is 9.95. The number of fused-ring (bicyclic) bond motifs is 3. The van der Waals surface area contributed by atoms with Crippen molar-refractivity contribution >= 4 is 21.6 Å². The molecule has 0 amide bonds. The smallest absolute Gasteiger partial charge is 0.213 e. The van der Waals surface area contributed by atoms with Gasteiger partial charge in [-0.1, -0.05) is 78.4 Å². The van der Waals surface area contributed by atoms with E-state index in [-0.39, 0.29) is 12.3 Å². The average Bonchev–Trinajstić information content (AvgIpc) is 3.32. The van der Waals surface area contributed by atoms with Crippen molar-refractivity contribution in [1.82, 2.24) is 5.01 Å². The van der Waals surface area contributed by atoms with E-state index in [0.29, 0.717) is 0 Å². The van der Waals surface area contributed by atoms with E-state index in [1.807, 2.05) is 6.07 Å². The molecule has 0 fully saturated rings. The van der Waals surface area contributed by atoms with E-state index >= 15 is 0 Å². The Labute approximate surface area is 217 Å². The van der Waals surface area contributed by atoms with Crippen LogP contribution < -0.4 is 9.47 Å². The second-order valence-corrected chi connectivity index (χ2v) is 10.4. The maximum Gasteiger partial charge on any atom is 0.213 e. The van der Waals surface area contributed by atoms with Crippen molar-refractivity contribution in [2.45, 2.75) is 64.6 Å². The molecule has 35 heavy (non-hydrogen) atoms. The quantitative estimate of drug-likeness (QED) is 0.259. The predicted octanol–water partition coefficient (Wildman–Crippen LogP) is 8.35. The van der Waals surface area contributed by atoms with Crippen molar-refractivity contribution in [3.8, 4) is 11.5 Å². The fourth-order valence-corrected chi connectivity index (χ4v) is 5.20. The van der Waals surface area contributed by atoms with E-state index in [1.165, 1.54) is 42.4 Å². The van der Waals surface area contributed by atoms with E-state index in [2.05, 4.69) is 95.5 Å². The van der Waals surface area contributed by atoms with Crippen LogP contribution in [-0.4, -0.2) is 17.3 Å². The summed E-state index contributed by atoms with van der Waals surface area (Å²) in [7, 11) is 0. The molecule has 0 radical (unpaired) electrons. The maximum atomic E-state index is 6.52. The molecule has 3 aromatic carbocycles. The van der Waals surface area contributed by atoms with Crippen LogP contribution in [-0.2, 0) is 0 Å². The van der Waals surface area contributed by atoms with Gasteiger partial charge in [-0.2, -0.15) is 5.10 Å². The van der Waals surface area contributed by atoms with Crippen LogP contribution >= 0.6 is 15.9 Å². The highest BCUT2D eigenvalue weighted by molar-refractivity contribution is 9.10. The van der Waals surface area contributed by atoms with Crippen LogP contribution in [0.5, 0.6) is 11.5 Å². The Balaban J connectivity index is 1.36. The third kappa shape index (κ3) is 5.40. The molecule has 4 nitrogen and oxygen atoms in total. The number of nitrogens with zero attached hydrogens (tertiary/aromatic N) is 2. The zero-order valence-electron chi connectivity index (χ0n) is 20.5. The zero-order chi connectivity index (χ0) is 24.2. The van der Waals surface area contributed by atoms with Crippen LogP contribution in [0.15, 0.2) is 76.3 Å². The van der Waals surface area contributed by atoms with Gasteiger partial charge >= 0.3 is 0 Å². The van der Waals surface area contributed by atoms with E-state index < -0.39 is 0 Å². The number of benzene rings is 3. The van der Waals surface area contributed by atoms with Gasteiger partial charge in [0.25, 0.3) is 0 Å². The summed E-state index contributed by atoms with van der Waals surface area (Å²) in [6.07, 6.45) is 6.77. The van der Waals surface area contributed by atoms with Crippen LogP contribution in [0.1, 0.15) is 80.0 Å². The Morgan fingerprint density at radius 3 is 2.51 bits per heavy atom. The molecule has 0 spiro atoms. The predicted molar refractivity (Wildman–Crippen MR) is 145 cm³/mol. The van der Waals surface area contributed by atoms with Gasteiger partial charge in [0.2, 0.25) is 6.23 Å². The summed E-state index contributed by atoms with van der Waals surface area (Å²) in [6.45, 7) is 5.12. The normalized spacial score (nSPS) is 18.5. The third-order valence-electron chi connectivity index (χ3n) is 6.82. The number of hydrazone groups is 1. The Bertz CT molecular complexity index is 1170. The van der Waals surface area contributed by atoms with E-state index in [0.717, 1.165) is 46.7 Å². The third-order valence-corrected chi connectivity index (χ3v) is 7.31. The molecule has 3 aromatic rings. The van der Waals surface area contributed by atoms with Gasteiger partial charge in [0.1, 0.15) is 11.5 Å². The second kappa shape index (κ2) is 10.9. The molecule has 0 unspecified atom stereocenters. The van der Waals surface area contributed by atoms with Gasteiger partial charge in [0.15, 0.2) is 0 Å². The number of hydrogen-bond acceptors (Lipinski definition) is 4. The Kier molecular flexibility index (Phi) is 7.43. The van der Waals surface area contributed by atoms with Crippen molar-refractivity contribution in [2.75, 3.05) is 6.61 Å². The van der Waals surface area contributed by atoms with Gasteiger partial charge in [0, 0.05) is 22.0 Å². The molecule has 0 bridgehead atoms. The maximum absolute atomic E-state index is 6.52. The molecule has 2 heterocycles. The molecule has 5 rings (SSSR count). The monoisotopic (exact) mass is 532 g/mol. The van der Waals surface area contributed by atoms with Crippen molar-refractivity contribution in [3.63, 3.8) is 0 Å². The van der Waals surface area contributed by atoms with Crippen LogP contribution in [0.4, 0.5) is 0 Å². The number of unbranched alkanes of at least 4 members (excludes halogenated alkanes) is 4. The van der Waals surface area contributed by atoms with E-state index in [9.17, 15) is 0 Å². The zero-order valence-corrected chi connectivity index (χ0v) is 22.1.